The summed E-state index contributed by atoms with van der Waals surface area (Å²) in [5.41, 5.74) is 4.43. The number of hydrogen-bond donors (Lipinski definition) is 3. The SMILES string of the molecule is COc1cc2c(cc1OC)[C@@H]1C[C@H](O)[C@@H](CC(C)C)CN1CC2.Cc1ccc(C(=O)O[C@H](C(=O)O)[C@H](OC(=O)c2ccc(C)cc2)C(=O)O)cc1. The molecule has 3 N–H and O–H groups in total. The Hall–Kier alpha value is -4.94. The van der Waals surface area contributed by atoms with Crippen molar-refractivity contribution in [2.45, 2.75) is 71.3 Å². The quantitative estimate of drug-likeness (QED) is 0.222. The number of rotatable bonds is 11. The Balaban J connectivity index is 0.000000233. The van der Waals surface area contributed by atoms with Crippen LogP contribution in [-0.4, -0.2) is 89.7 Å². The Bertz CT molecular complexity index is 1610. The Morgan fingerprint density at radius 1 is 0.784 bits per heavy atom. The van der Waals surface area contributed by atoms with Crippen LogP contribution in [0.2, 0.25) is 0 Å². The highest BCUT2D eigenvalue weighted by Gasteiger charge is 2.41. The first-order chi connectivity index (χ1) is 24.2. The third-order valence-corrected chi connectivity index (χ3v) is 9.17. The highest BCUT2D eigenvalue weighted by molar-refractivity contribution is 5.95. The molecule has 12 nitrogen and oxygen atoms in total. The van der Waals surface area contributed by atoms with Crippen LogP contribution in [0, 0.1) is 25.7 Å². The van der Waals surface area contributed by atoms with E-state index in [1.54, 1.807) is 52.3 Å². The molecular formula is C39H47NO11. The fraction of sp³-hybridized carbons (Fsp3) is 0.436. The first-order valence-corrected chi connectivity index (χ1v) is 16.9. The van der Waals surface area contributed by atoms with E-state index in [-0.39, 0.29) is 17.2 Å². The number of benzene rings is 3. The van der Waals surface area contributed by atoms with E-state index in [1.165, 1.54) is 35.4 Å². The minimum absolute atomic E-state index is 0.0332. The molecule has 12 heteroatoms. The summed E-state index contributed by atoms with van der Waals surface area (Å²) in [4.78, 5) is 49.9. The molecule has 2 heterocycles. The van der Waals surface area contributed by atoms with Gasteiger partial charge in [0.25, 0.3) is 0 Å². The summed E-state index contributed by atoms with van der Waals surface area (Å²) < 4.78 is 20.6. The predicted octanol–water partition coefficient (Wildman–Crippen LogP) is 5.25. The Morgan fingerprint density at radius 3 is 1.69 bits per heavy atom. The van der Waals surface area contributed by atoms with E-state index >= 15 is 0 Å². The molecule has 1 fully saturated rings. The first kappa shape index (κ1) is 38.9. The molecule has 0 unspecified atom stereocenters. The summed E-state index contributed by atoms with van der Waals surface area (Å²) >= 11 is 0. The van der Waals surface area contributed by atoms with E-state index in [0.717, 1.165) is 55.0 Å². The van der Waals surface area contributed by atoms with Crippen LogP contribution in [0.3, 0.4) is 0 Å². The molecule has 0 aliphatic carbocycles. The van der Waals surface area contributed by atoms with Crippen molar-refractivity contribution in [3.8, 4) is 11.5 Å². The highest BCUT2D eigenvalue weighted by Crippen LogP contribution is 2.43. The van der Waals surface area contributed by atoms with Gasteiger partial charge in [-0.05, 0) is 92.5 Å². The number of carboxylic acids is 2. The van der Waals surface area contributed by atoms with Gasteiger partial charge in [-0.2, -0.15) is 0 Å². The topological polar surface area (TPSA) is 169 Å². The standard InChI is InChI=1S/C20H18O8.C19H29NO3/c1-11-3-7-13(8-4-11)19(25)27-15(17(21)22)16(18(23)24)28-20(26)14-9-5-12(2)6-10-14;1-12(2)7-14-11-20-6-5-13-8-18(22-3)19(23-4)9-15(13)16(20)10-17(14)21/h3-10,15-16H,1-2H3,(H,21,22)(H,23,24);8-9,12,14,16-17,21H,5-7,10-11H2,1-4H3/t15-,16-;14-,16-,17-/m00/s1. The molecule has 3 aromatic rings. The summed E-state index contributed by atoms with van der Waals surface area (Å²) in [5.74, 6) is -3.01. The van der Waals surface area contributed by atoms with Gasteiger partial charge in [-0.1, -0.05) is 49.2 Å². The van der Waals surface area contributed by atoms with E-state index in [9.17, 15) is 34.5 Å². The van der Waals surface area contributed by atoms with E-state index in [1.807, 2.05) is 0 Å². The molecule has 0 spiro atoms. The summed E-state index contributed by atoms with van der Waals surface area (Å²) in [7, 11) is 3.36. The second-order valence-corrected chi connectivity index (χ2v) is 13.4. The van der Waals surface area contributed by atoms with Crippen LogP contribution in [0.5, 0.6) is 11.5 Å². The molecule has 0 saturated carbocycles. The van der Waals surface area contributed by atoms with Crippen molar-refractivity contribution in [2.24, 2.45) is 11.8 Å². The Labute approximate surface area is 297 Å². The van der Waals surface area contributed by atoms with Crippen LogP contribution < -0.4 is 9.47 Å². The maximum atomic E-state index is 12.2. The van der Waals surface area contributed by atoms with Gasteiger partial charge >= 0.3 is 23.9 Å². The zero-order valence-corrected chi connectivity index (χ0v) is 29.8. The van der Waals surface area contributed by atoms with E-state index < -0.39 is 36.1 Å². The van der Waals surface area contributed by atoms with Gasteiger partial charge in [-0.15, -0.1) is 0 Å². The van der Waals surface area contributed by atoms with Crippen molar-refractivity contribution in [1.29, 1.82) is 0 Å². The second kappa shape index (κ2) is 17.3. The van der Waals surface area contributed by atoms with Crippen LogP contribution in [0.1, 0.15) is 75.7 Å². The molecule has 2 aliphatic heterocycles. The fourth-order valence-corrected chi connectivity index (χ4v) is 6.49. The molecule has 274 valence electrons. The van der Waals surface area contributed by atoms with Gasteiger partial charge in [0.1, 0.15) is 0 Å². The minimum atomic E-state index is -2.22. The number of aryl methyl sites for hydroxylation is 2. The molecule has 5 atom stereocenters. The van der Waals surface area contributed by atoms with Crippen LogP contribution in [0.15, 0.2) is 60.7 Å². The van der Waals surface area contributed by atoms with E-state index in [4.69, 9.17) is 18.9 Å². The number of ether oxygens (including phenoxy) is 4. The lowest BCUT2D eigenvalue weighted by Gasteiger charge is -2.46. The average molecular weight is 706 g/mol. The Kier molecular flexibility index (Phi) is 13.2. The lowest BCUT2D eigenvalue weighted by atomic mass is 9.79. The number of piperidine rings is 1. The largest absolute Gasteiger partial charge is 0.493 e. The summed E-state index contributed by atoms with van der Waals surface area (Å²) in [6.45, 7) is 10.1. The van der Waals surface area contributed by atoms with Crippen molar-refractivity contribution in [3.05, 3.63) is 94.0 Å². The van der Waals surface area contributed by atoms with Crippen molar-refractivity contribution in [3.63, 3.8) is 0 Å². The lowest BCUT2D eigenvalue weighted by Crippen LogP contribution is -2.48. The van der Waals surface area contributed by atoms with Crippen LogP contribution in [-0.2, 0) is 25.5 Å². The monoisotopic (exact) mass is 705 g/mol. The molecule has 0 amide bonds. The smallest absolute Gasteiger partial charge is 0.349 e. The number of aliphatic hydroxyl groups is 1. The van der Waals surface area contributed by atoms with E-state index in [0.29, 0.717) is 17.9 Å². The normalized spacial score (nSPS) is 19.3. The fourth-order valence-electron chi connectivity index (χ4n) is 6.49. The average Bonchev–Trinajstić information content (AvgIpc) is 3.09. The number of aliphatic hydroxyl groups excluding tert-OH is 1. The number of esters is 2. The number of carbonyl (C=O) groups is 4. The first-order valence-electron chi connectivity index (χ1n) is 16.9. The molecule has 0 radical (unpaired) electrons. The summed E-state index contributed by atoms with van der Waals surface area (Å²) in [6, 6.07) is 16.6. The number of carboxylic acid groups (broad SMARTS) is 2. The van der Waals surface area contributed by atoms with Crippen molar-refractivity contribution in [1.82, 2.24) is 4.90 Å². The van der Waals surface area contributed by atoms with Gasteiger partial charge < -0.3 is 34.3 Å². The number of hydrogen-bond acceptors (Lipinski definition) is 10. The molecular weight excluding hydrogens is 658 g/mol. The molecule has 0 bridgehead atoms. The zero-order valence-electron chi connectivity index (χ0n) is 29.8. The highest BCUT2D eigenvalue weighted by atomic mass is 16.6. The molecule has 5 rings (SSSR count). The van der Waals surface area contributed by atoms with Gasteiger partial charge in [-0.3, -0.25) is 4.90 Å². The van der Waals surface area contributed by atoms with Crippen LogP contribution in [0.25, 0.3) is 0 Å². The van der Waals surface area contributed by atoms with Gasteiger partial charge in [0, 0.05) is 19.1 Å². The van der Waals surface area contributed by atoms with Gasteiger partial charge in [0.2, 0.25) is 12.2 Å². The van der Waals surface area contributed by atoms with Crippen molar-refractivity contribution < 1.29 is 53.4 Å². The van der Waals surface area contributed by atoms with E-state index in [2.05, 4.69) is 30.9 Å². The molecule has 0 aromatic heterocycles. The Morgan fingerprint density at radius 2 is 1.25 bits per heavy atom. The number of aliphatic carboxylic acids is 2. The summed E-state index contributed by atoms with van der Waals surface area (Å²) in [6.07, 6.45) is -1.70. The second-order valence-electron chi connectivity index (χ2n) is 13.4. The third-order valence-electron chi connectivity index (χ3n) is 9.17. The maximum absolute atomic E-state index is 12.2. The number of fused-ring (bicyclic) bond motifs is 3. The summed E-state index contributed by atoms with van der Waals surface area (Å²) in [5, 5.41) is 29.3. The number of carbonyl (C=O) groups excluding carboxylic acids is 2. The van der Waals surface area contributed by atoms with Gasteiger partial charge in [0.05, 0.1) is 31.5 Å². The molecule has 1 saturated heterocycles. The predicted molar refractivity (Wildman–Crippen MR) is 187 cm³/mol. The van der Waals surface area contributed by atoms with Crippen LogP contribution in [0.4, 0.5) is 0 Å². The zero-order chi connectivity index (χ0) is 37.4. The van der Waals surface area contributed by atoms with Crippen molar-refractivity contribution >= 4 is 23.9 Å². The molecule has 2 aliphatic rings. The molecule has 3 aromatic carbocycles. The van der Waals surface area contributed by atoms with Gasteiger partial charge in [-0.25, -0.2) is 19.2 Å². The van der Waals surface area contributed by atoms with Crippen molar-refractivity contribution in [2.75, 3.05) is 27.3 Å². The molecule has 51 heavy (non-hydrogen) atoms. The number of nitrogens with zero attached hydrogens (tertiary/aromatic N) is 1. The van der Waals surface area contributed by atoms with Crippen LogP contribution >= 0.6 is 0 Å². The maximum Gasteiger partial charge on any atom is 0.349 e. The minimum Gasteiger partial charge on any atom is -0.493 e. The number of methoxy groups -OCH3 is 2. The third kappa shape index (κ3) is 9.86. The lowest BCUT2D eigenvalue weighted by molar-refractivity contribution is -0.166. The van der Waals surface area contributed by atoms with Gasteiger partial charge in [0.15, 0.2) is 11.5 Å².